The summed E-state index contributed by atoms with van der Waals surface area (Å²) in [7, 11) is 0. The minimum Gasteiger partial charge on any atom is -0.313 e. The van der Waals surface area contributed by atoms with E-state index in [2.05, 4.69) is 49.7 Å². The highest BCUT2D eigenvalue weighted by Crippen LogP contribution is 2.39. The first-order chi connectivity index (χ1) is 9.54. The maximum Gasteiger partial charge on any atom is 0.0159 e. The highest BCUT2D eigenvalue weighted by atomic mass is 32.2. The lowest BCUT2D eigenvalue weighted by molar-refractivity contribution is 0.0712. The van der Waals surface area contributed by atoms with E-state index in [1.54, 1.807) is 0 Å². The summed E-state index contributed by atoms with van der Waals surface area (Å²) in [5, 5.41) is 3.88. The van der Waals surface area contributed by atoms with E-state index in [0.717, 1.165) is 12.0 Å². The van der Waals surface area contributed by atoms with Crippen LogP contribution >= 0.6 is 11.8 Å². The van der Waals surface area contributed by atoms with Crippen LogP contribution in [0.5, 0.6) is 0 Å². The normalized spacial score (nSPS) is 35.1. The molecular formula is C17H34N2S. The monoisotopic (exact) mass is 298 g/mol. The van der Waals surface area contributed by atoms with Crippen LogP contribution in [0.2, 0.25) is 0 Å². The molecule has 0 spiro atoms. The molecule has 3 heteroatoms. The number of nitrogens with one attached hydrogen (secondary N) is 1. The summed E-state index contributed by atoms with van der Waals surface area (Å²) in [6, 6.07) is 1.48. The molecule has 118 valence electrons. The molecule has 0 amide bonds. The molecule has 1 aliphatic heterocycles. The average Bonchev–Trinajstić information content (AvgIpc) is 2.40. The molecule has 2 aliphatic rings. The van der Waals surface area contributed by atoms with Crippen molar-refractivity contribution in [2.45, 2.75) is 65.5 Å². The zero-order valence-electron chi connectivity index (χ0n) is 14.0. The van der Waals surface area contributed by atoms with E-state index in [9.17, 15) is 0 Å². The molecule has 2 rings (SSSR count). The maximum atomic E-state index is 3.88. The zero-order chi connectivity index (χ0) is 14.6. The number of nitrogens with zero attached hydrogens (tertiary/aromatic N) is 1. The van der Waals surface area contributed by atoms with Gasteiger partial charge in [0.15, 0.2) is 0 Å². The van der Waals surface area contributed by atoms with Gasteiger partial charge in [0, 0.05) is 36.7 Å². The van der Waals surface area contributed by atoms with Gasteiger partial charge in [-0.05, 0) is 44.1 Å². The molecular weight excluding hydrogens is 264 g/mol. The van der Waals surface area contributed by atoms with E-state index < -0.39 is 0 Å². The lowest BCUT2D eigenvalue weighted by Crippen LogP contribution is -2.54. The van der Waals surface area contributed by atoms with E-state index in [1.807, 2.05) is 0 Å². The lowest BCUT2D eigenvalue weighted by atomic mass is 9.67. The highest BCUT2D eigenvalue weighted by molar-refractivity contribution is 7.99. The van der Waals surface area contributed by atoms with Gasteiger partial charge in [-0.2, -0.15) is 11.8 Å². The van der Waals surface area contributed by atoms with Gasteiger partial charge in [-0.1, -0.05) is 27.2 Å². The van der Waals surface area contributed by atoms with E-state index in [0.29, 0.717) is 11.5 Å². The smallest absolute Gasteiger partial charge is 0.0159 e. The van der Waals surface area contributed by atoms with Crippen LogP contribution in [-0.4, -0.2) is 48.1 Å². The molecule has 3 atom stereocenters. The van der Waals surface area contributed by atoms with Gasteiger partial charge in [-0.15, -0.1) is 0 Å². The van der Waals surface area contributed by atoms with Gasteiger partial charge >= 0.3 is 0 Å². The predicted octanol–water partition coefficient (Wildman–Crippen LogP) is 3.62. The highest BCUT2D eigenvalue weighted by Gasteiger charge is 2.39. The summed E-state index contributed by atoms with van der Waals surface area (Å²) >= 11 is 2.13. The van der Waals surface area contributed by atoms with Gasteiger partial charge in [0.2, 0.25) is 0 Å². The molecule has 0 aromatic rings. The summed E-state index contributed by atoms with van der Waals surface area (Å²) in [6.45, 7) is 13.4. The van der Waals surface area contributed by atoms with Crippen molar-refractivity contribution < 1.29 is 0 Å². The van der Waals surface area contributed by atoms with E-state index >= 15 is 0 Å². The fraction of sp³-hybridized carbons (Fsp3) is 1.00. The predicted molar refractivity (Wildman–Crippen MR) is 91.6 cm³/mol. The molecule has 2 fully saturated rings. The van der Waals surface area contributed by atoms with Crippen LogP contribution in [0.3, 0.4) is 0 Å². The maximum absolute atomic E-state index is 3.88. The molecule has 1 saturated heterocycles. The van der Waals surface area contributed by atoms with Crippen molar-refractivity contribution in [3.63, 3.8) is 0 Å². The Morgan fingerprint density at radius 3 is 2.85 bits per heavy atom. The molecule has 2 nitrogen and oxygen atoms in total. The summed E-state index contributed by atoms with van der Waals surface area (Å²) < 4.78 is 0. The fourth-order valence-corrected chi connectivity index (χ4v) is 5.14. The van der Waals surface area contributed by atoms with Gasteiger partial charge < -0.3 is 5.32 Å². The van der Waals surface area contributed by atoms with Crippen molar-refractivity contribution in [1.82, 2.24) is 10.2 Å². The number of hydrogen-bond acceptors (Lipinski definition) is 3. The second kappa shape index (κ2) is 7.51. The molecule has 0 aromatic heterocycles. The van der Waals surface area contributed by atoms with Gasteiger partial charge in [0.05, 0.1) is 0 Å². The molecule has 0 bridgehead atoms. The van der Waals surface area contributed by atoms with Crippen molar-refractivity contribution in [2.75, 3.05) is 31.1 Å². The van der Waals surface area contributed by atoms with Crippen LogP contribution < -0.4 is 5.32 Å². The van der Waals surface area contributed by atoms with Crippen molar-refractivity contribution in [3.8, 4) is 0 Å². The van der Waals surface area contributed by atoms with Crippen LogP contribution in [-0.2, 0) is 0 Å². The molecule has 1 heterocycles. The lowest BCUT2D eigenvalue weighted by Gasteiger charge is -2.47. The molecule has 1 saturated carbocycles. The first-order valence-corrected chi connectivity index (χ1v) is 9.75. The van der Waals surface area contributed by atoms with Crippen LogP contribution in [0.1, 0.15) is 53.4 Å². The van der Waals surface area contributed by atoms with Crippen molar-refractivity contribution in [3.05, 3.63) is 0 Å². The Hall–Kier alpha value is 0.270. The second-order valence-electron chi connectivity index (χ2n) is 7.49. The van der Waals surface area contributed by atoms with Gasteiger partial charge in [-0.25, -0.2) is 0 Å². The third-order valence-electron chi connectivity index (χ3n) is 5.30. The van der Waals surface area contributed by atoms with E-state index in [4.69, 9.17) is 0 Å². The van der Waals surface area contributed by atoms with Gasteiger partial charge in [0.25, 0.3) is 0 Å². The molecule has 0 aromatic carbocycles. The zero-order valence-corrected chi connectivity index (χ0v) is 14.8. The standard InChI is InChI=1S/C17H34N2S/c1-5-9-18-16-15(7-6-8-17(16,3)4)12-19-10-11-20-13-14(19)2/h14-16,18H,5-13H2,1-4H3. The SMILES string of the molecule is CCCNC1C(CN2CCSCC2C)CCCC1(C)C. The number of thioether (sulfide) groups is 1. The van der Waals surface area contributed by atoms with Crippen LogP contribution in [0.4, 0.5) is 0 Å². The molecule has 0 radical (unpaired) electrons. The minimum atomic E-state index is 0.464. The third kappa shape index (κ3) is 4.14. The first-order valence-electron chi connectivity index (χ1n) is 8.59. The summed E-state index contributed by atoms with van der Waals surface area (Å²) in [6.07, 6.45) is 5.46. The van der Waals surface area contributed by atoms with Crippen molar-refractivity contribution in [2.24, 2.45) is 11.3 Å². The summed E-state index contributed by atoms with van der Waals surface area (Å²) in [5.41, 5.74) is 0.464. The quantitative estimate of drug-likeness (QED) is 0.834. The van der Waals surface area contributed by atoms with Gasteiger partial charge in [0.1, 0.15) is 0 Å². The second-order valence-corrected chi connectivity index (χ2v) is 8.64. The van der Waals surface area contributed by atoms with Crippen LogP contribution in [0.25, 0.3) is 0 Å². The van der Waals surface area contributed by atoms with E-state index in [1.165, 1.54) is 56.8 Å². The Balaban J connectivity index is 1.98. The van der Waals surface area contributed by atoms with Crippen LogP contribution in [0.15, 0.2) is 0 Å². The summed E-state index contributed by atoms with van der Waals surface area (Å²) in [4.78, 5) is 2.75. The van der Waals surface area contributed by atoms with Crippen LogP contribution in [0, 0.1) is 11.3 Å². The molecule has 3 unspecified atom stereocenters. The number of rotatable bonds is 5. The number of hydrogen-bond donors (Lipinski definition) is 1. The Morgan fingerprint density at radius 2 is 2.15 bits per heavy atom. The Labute approximate surface area is 130 Å². The summed E-state index contributed by atoms with van der Waals surface area (Å²) in [5.74, 6) is 3.49. The Bertz CT molecular complexity index is 293. The van der Waals surface area contributed by atoms with E-state index in [-0.39, 0.29) is 0 Å². The fourth-order valence-electron chi connectivity index (χ4n) is 4.05. The van der Waals surface area contributed by atoms with Gasteiger partial charge in [-0.3, -0.25) is 4.90 Å². The Morgan fingerprint density at radius 1 is 1.35 bits per heavy atom. The van der Waals surface area contributed by atoms with Crippen molar-refractivity contribution >= 4 is 11.8 Å². The third-order valence-corrected chi connectivity index (χ3v) is 6.49. The first kappa shape index (κ1) is 16.6. The molecule has 1 aliphatic carbocycles. The van der Waals surface area contributed by atoms with Crippen molar-refractivity contribution in [1.29, 1.82) is 0 Å². The Kier molecular flexibility index (Phi) is 6.25. The molecule has 20 heavy (non-hydrogen) atoms. The average molecular weight is 299 g/mol. The molecule has 1 N–H and O–H groups in total. The topological polar surface area (TPSA) is 15.3 Å². The largest absolute Gasteiger partial charge is 0.313 e. The minimum absolute atomic E-state index is 0.464.